The van der Waals surface area contributed by atoms with Gasteiger partial charge < -0.3 is 10.6 Å². The zero-order valence-corrected chi connectivity index (χ0v) is 16.6. The third kappa shape index (κ3) is 7.40. The van der Waals surface area contributed by atoms with Gasteiger partial charge in [0.2, 0.25) is 15.9 Å². The van der Waals surface area contributed by atoms with E-state index in [9.17, 15) is 18.0 Å². The zero-order chi connectivity index (χ0) is 20.4. The molecule has 0 bridgehead atoms. The van der Waals surface area contributed by atoms with Crippen LogP contribution in [0.15, 0.2) is 54.6 Å². The Hall–Kier alpha value is -2.87. The highest BCUT2D eigenvalue weighted by molar-refractivity contribution is 7.92. The molecule has 0 atom stereocenters. The van der Waals surface area contributed by atoms with E-state index in [0.29, 0.717) is 36.3 Å². The summed E-state index contributed by atoms with van der Waals surface area (Å²) in [7, 11) is -3.33. The predicted molar refractivity (Wildman–Crippen MR) is 111 cm³/mol. The van der Waals surface area contributed by atoms with Crippen LogP contribution in [0.25, 0.3) is 0 Å². The van der Waals surface area contributed by atoms with E-state index < -0.39 is 10.0 Å². The van der Waals surface area contributed by atoms with Gasteiger partial charge in [0.15, 0.2) is 0 Å². The molecule has 0 unspecified atom stereocenters. The molecule has 150 valence electrons. The van der Waals surface area contributed by atoms with Crippen molar-refractivity contribution in [3.05, 3.63) is 60.2 Å². The monoisotopic (exact) mass is 403 g/mol. The van der Waals surface area contributed by atoms with Crippen molar-refractivity contribution in [3.8, 4) is 0 Å². The number of sulfonamides is 1. The number of amides is 2. The Morgan fingerprint density at radius 2 is 1.57 bits per heavy atom. The number of rotatable bonds is 10. The maximum Gasteiger partial charge on any atom is 0.251 e. The van der Waals surface area contributed by atoms with Gasteiger partial charge in [0.1, 0.15) is 0 Å². The van der Waals surface area contributed by atoms with Gasteiger partial charge in [-0.2, -0.15) is 0 Å². The Kier molecular flexibility index (Phi) is 8.01. The molecule has 2 aromatic rings. The van der Waals surface area contributed by atoms with Crippen LogP contribution in [0.2, 0.25) is 0 Å². The Morgan fingerprint density at radius 3 is 2.21 bits per heavy atom. The van der Waals surface area contributed by atoms with Gasteiger partial charge in [-0.25, -0.2) is 8.42 Å². The normalized spacial score (nSPS) is 10.9. The maximum absolute atomic E-state index is 12.0. The maximum atomic E-state index is 12.0. The molecule has 0 aromatic heterocycles. The number of hydrogen-bond acceptors (Lipinski definition) is 4. The van der Waals surface area contributed by atoms with Crippen LogP contribution in [-0.2, 0) is 14.8 Å². The van der Waals surface area contributed by atoms with Gasteiger partial charge >= 0.3 is 0 Å². The summed E-state index contributed by atoms with van der Waals surface area (Å²) in [6, 6.07) is 15.4. The molecule has 2 amide bonds. The van der Waals surface area contributed by atoms with E-state index in [-0.39, 0.29) is 24.0 Å². The highest BCUT2D eigenvalue weighted by Gasteiger charge is 2.09. The number of anilines is 2. The number of benzene rings is 2. The smallest absolute Gasteiger partial charge is 0.251 e. The summed E-state index contributed by atoms with van der Waals surface area (Å²) < 4.78 is 26.0. The number of hydrogen-bond donors (Lipinski definition) is 3. The summed E-state index contributed by atoms with van der Waals surface area (Å²) >= 11 is 0. The lowest BCUT2D eigenvalue weighted by Gasteiger charge is -2.09. The van der Waals surface area contributed by atoms with Gasteiger partial charge in [-0.05, 0) is 49.2 Å². The topological polar surface area (TPSA) is 104 Å². The average Bonchev–Trinajstić information content (AvgIpc) is 2.67. The number of nitrogens with one attached hydrogen (secondary N) is 3. The van der Waals surface area contributed by atoms with Gasteiger partial charge in [-0.3, -0.25) is 14.3 Å². The molecule has 3 N–H and O–H groups in total. The fraction of sp³-hybridized carbons (Fsp3) is 0.300. The standard InChI is InChI=1S/C20H25N3O4S/c1-2-15-28(26,27)23-18-12-10-17(11-13-18)22-19(24)9-6-14-21-20(25)16-7-4-3-5-8-16/h3-5,7-8,10-13,23H,2,6,9,14-15H2,1H3,(H,21,25)(H,22,24). The molecule has 0 aliphatic carbocycles. The minimum Gasteiger partial charge on any atom is -0.352 e. The van der Waals surface area contributed by atoms with Crippen LogP contribution >= 0.6 is 0 Å². The van der Waals surface area contributed by atoms with E-state index in [2.05, 4.69) is 15.4 Å². The molecule has 28 heavy (non-hydrogen) atoms. The van der Waals surface area contributed by atoms with E-state index in [1.807, 2.05) is 6.07 Å². The van der Waals surface area contributed by atoms with Crippen molar-refractivity contribution in [1.29, 1.82) is 0 Å². The first kappa shape index (κ1) is 21.4. The van der Waals surface area contributed by atoms with Crippen molar-refractivity contribution in [3.63, 3.8) is 0 Å². The molecule has 0 spiro atoms. The van der Waals surface area contributed by atoms with Gasteiger partial charge in [0, 0.05) is 29.9 Å². The second-order valence-corrected chi connectivity index (χ2v) is 8.11. The largest absolute Gasteiger partial charge is 0.352 e. The third-order valence-corrected chi connectivity index (χ3v) is 5.31. The average molecular weight is 404 g/mol. The van der Waals surface area contributed by atoms with Crippen molar-refractivity contribution in [2.24, 2.45) is 0 Å². The van der Waals surface area contributed by atoms with Crippen LogP contribution in [0.3, 0.4) is 0 Å². The summed E-state index contributed by atoms with van der Waals surface area (Å²) in [4.78, 5) is 23.9. The minimum atomic E-state index is -3.33. The van der Waals surface area contributed by atoms with Gasteiger partial charge in [-0.1, -0.05) is 25.1 Å². The highest BCUT2D eigenvalue weighted by atomic mass is 32.2. The molecule has 7 nitrogen and oxygen atoms in total. The SMILES string of the molecule is CCCS(=O)(=O)Nc1ccc(NC(=O)CCCNC(=O)c2ccccc2)cc1. The number of carbonyl (C=O) groups excluding carboxylic acids is 2. The summed E-state index contributed by atoms with van der Waals surface area (Å²) in [6.07, 6.45) is 1.31. The van der Waals surface area contributed by atoms with Crippen molar-refractivity contribution in [1.82, 2.24) is 5.32 Å². The Bertz CT molecular complexity index is 881. The fourth-order valence-electron chi connectivity index (χ4n) is 2.49. The van der Waals surface area contributed by atoms with E-state index in [0.717, 1.165) is 0 Å². The molecule has 0 saturated heterocycles. The van der Waals surface area contributed by atoms with Crippen molar-refractivity contribution < 1.29 is 18.0 Å². The van der Waals surface area contributed by atoms with Crippen molar-refractivity contribution in [2.75, 3.05) is 22.3 Å². The van der Waals surface area contributed by atoms with Crippen molar-refractivity contribution in [2.45, 2.75) is 26.2 Å². The first-order chi connectivity index (χ1) is 13.4. The van der Waals surface area contributed by atoms with Crippen LogP contribution in [-0.4, -0.2) is 32.5 Å². The van der Waals surface area contributed by atoms with Gasteiger partial charge in [-0.15, -0.1) is 0 Å². The second kappa shape index (κ2) is 10.5. The first-order valence-electron chi connectivity index (χ1n) is 9.13. The lowest BCUT2D eigenvalue weighted by Crippen LogP contribution is -2.25. The highest BCUT2D eigenvalue weighted by Crippen LogP contribution is 2.15. The predicted octanol–water partition coefficient (Wildman–Crippen LogP) is 2.99. The van der Waals surface area contributed by atoms with Crippen LogP contribution < -0.4 is 15.4 Å². The zero-order valence-electron chi connectivity index (χ0n) is 15.8. The summed E-state index contributed by atoms with van der Waals surface area (Å²) in [5.74, 6) is -0.276. The molecular weight excluding hydrogens is 378 g/mol. The first-order valence-corrected chi connectivity index (χ1v) is 10.8. The molecule has 0 radical (unpaired) electrons. The molecule has 2 aromatic carbocycles. The van der Waals surface area contributed by atoms with Crippen LogP contribution in [0, 0.1) is 0 Å². The minimum absolute atomic E-state index is 0.0618. The Labute approximate surface area is 165 Å². The summed E-state index contributed by atoms with van der Waals surface area (Å²) in [5, 5.41) is 5.52. The van der Waals surface area contributed by atoms with E-state index in [1.54, 1.807) is 55.5 Å². The van der Waals surface area contributed by atoms with Crippen molar-refractivity contribution >= 4 is 33.2 Å². The molecule has 8 heteroatoms. The van der Waals surface area contributed by atoms with Gasteiger partial charge in [0.25, 0.3) is 5.91 Å². The fourth-order valence-corrected chi connectivity index (χ4v) is 3.62. The van der Waals surface area contributed by atoms with E-state index >= 15 is 0 Å². The lowest BCUT2D eigenvalue weighted by molar-refractivity contribution is -0.116. The third-order valence-electron chi connectivity index (χ3n) is 3.82. The molecule has 0 aliphatic heterocycles. The molecule has 2 rings (SSSR count). The number of carbonyl (C=O) groups is 2. The van der Waals surface area contributed by atoms with Gasteiger partial charge in [0.05, 0.1) is 5.75 Å². The Balaban J connectivity index is 1.72. The quantitative estimate of drug-likeness (QED) is 0.531. The molecule has 0 fully saturated rings. The Morgan fingerprint density at radius 1 is 0.929 bits per heavy atom. The lowest BCUT2D eigenvalue weighted by atomic mass is 10.2. The van der Waals surface area contributed by atoms with Crippen LogP contribution in [0.4, 0.5) is 11.4 Å². The summed E-state index contributed by atoms with van der Waals surface area (Å²) in [5.41, 5.74) is 1.62. The van der Waals surface area contributed by atoms with Crippen LogP contribution in [0.5, 0.6) is 0 Å². The van der Waals surface area contributed by atoms with E-state index in [1.165, 1.54) is 0 Å². The molecular formula is C20H25N3O4S. The second-order valence-electron chi connectivity index (χ2n) is 6.27. The van der Waals surface area contributed by atoms with Crippen LogP contribution in [0.1, 0.15) is 36.5 Å². The molecule has 0 aliphatic rings. The summed E-state index contributed by atoms with van der Waals surface area (Å²) in [6.45, 7) is 2.20. The molecule has 0 saturated carbocycles. The molecule has 0 heterocycles. The van der Waals surface area contributed by atoms with E-state index in [4.69, 9.17) is 0 Å².